The average molecular weight is 332 g/mol. The molecule has 0 atom stereocenters. The van der Waals surface area contributed by atoms with Crippen molar-refractivity contribution >= 4 is 22.7 Å². The van der Waals surface area contributed by atoms with E-state index in [2.05, 4.69) is 27.6 Å². The third-order valence-corrected chi connectivity index (χ3v) is 4.70. The Labute approximate surface area is 146 Å². The number of benzene rings is 2. The van der Waals surface area contributed by atoms with E-state index in [-0.39, 0.29) is 12.3 Å². The Morgan fingerprint density at radius 1 is 1.16 bits per heavy atom. The minimum absolute atomic E-state index is 0.144. The fourth-order valence-corrected chi connectivity index (χ4v) is 3.38. The van der Waals surface area contributed by atoms with Gasteiger partial charge in [-0.25, -0.2) is 10.4 Å². The monoisotopic (exact) mass is 332 g/mol. The SMILES string of the molecule is Cn1c(CC(=O)N/N=C2\CCCc3ccccc32)nc2ccccc21. The molecular formula is C20H20N4O. The number of nitrogens with zero attached hydrogens (tertiary/aromatic N) is 3. The van der Waals surface area contributed by atoms with Gasteiger partial charge in [0.05, 0.1) is 23.2 Å². The molecule has 0 spiro atoms. The smallest absolute Gasteiger partial charge is 0.247 e. The maximum Gasteiger partial charge on any atom is 0.247 e. The van der Waals surface area contributed by atoms with Crippen LogP contribution in [0, 0.1) is 0 Å². The average Bonchev–Trinajstić information content (AvgIpc) is 2.96. The molecule has 0 fully saturated rings. The number of hydrogen-bond donors (Lipinski definition) is 1. The van der Waals surface area contributed by atoms with Crippen molar-refractivity contribution < 1.29 is 4.79 Å². The lowest BCUT2D eigenvalue weighted by molar-refractivity contribution is -0.120. The lowest BCUT2D eigenvalue weighted by Gasteiger charge is -2.17. The zero-order chi connectivity index (χ0) is 17.2. The van der Waals surface area contributed by atoms with Crippen LogP contribution in [0.25, 0.3) is 11.0 Å². The van der Waals surface area contributed by atoms with E-state index in [9.17, 15) is 4.79 Å². The number of hydrazone groups is 1. The number of hydrogen-bond acceptors (Lipinski definition) is 3. The highest BCUT2D eigenvalue weighted by Gasteiger charge is 2.16. The van der Waals surface area contributed by atoms with Gasteiger partial charge in [0, 0.05) is 12.6 Å². The lowest BCUT2D eigenvalue weighted by Crippen LogP contribution is -2.24. The van der Waals surface area contributed by atoms with Crippen molar-refractivity contribution in [1.29, 1.82) is 0 Å². The normalized spacial score (nSPS) is 15.3. The maximum absolute atomic E-state index is 12.3. The number of rotatable bonds is 3. The first-order valence-corrected chi connectivity index (χ1v) is 8.56. The molecule has 0 saturated carbocycles. The topological polar surface area (TPSA) is 59.3 Å². The molecule has 2 aromatic carbocycles. The molecule has 126 valence electrons. The molecule has 1 aromatic heterocycles. The predicted molar refractivity (Wildman–Crippen MR) is 98.5 cm³/mol. The maximum atomic E-state index is 12.3. The van der Waals surface area contributed by atoms with Gasteiger partial charge in [-0.2, -0.15) is 5.10 Å². The van der Waals surface area contributed by atoms with Gasteiger partial charge in [0.2, 0.25) is 5.91 Å². The van der Waals surface area contributed by atoms with Crippen LogP contribution in [0.5, 0.6) is 0 Å². The largest absolute Gasteiger partial charge is 0.331 e. The molecule has 1 heterocycles. The summed E-state index contributed by atoms with van der Waals surface area (Å²) in [5.41, 5.74) is 8.05. The van der Waals surface area contributed by atoms with Gasteiger partial charge < -0.3 is 4.57 Å². The zero-order valence-corrected chi connectivity index (χ0v) is 14.2. The van der Waals surface area contributed by atoms with Gasteiger partial charge in [0.15, 0.2) is 0 Å². The van der Waals surface area contributed by atoms with E-state index in [1.54, 1.807) is 0 Å². The molecule has 5 heteroatoms. The summed E-state index contributed by atoms with van der Waals surface area (Å²) >= 11 is 0. The van der Waals surface area contributed by atoms with Gasteiger partial charge in [-0.05, 0) is 37.0 Å². The second-order valence-corrected chi connectivity index (χ2v) is 6.36. The van der Waals surface area contributed by atoms with Crippen LogP contribution >= 0.6 is 0 Å². The highest BCUT2D eigenvalue weighted by Crippen LogP contribution is 2.21. The van der Waals surface area contributed by atoms with E-state index in [1.165, 1.54) is 5.56 Å². The summed E-state index contributed by atoms with van der Waals surface area (Å²) in [5.74, 6) is 0.594. The number of carbonyl (C=O) groups is 1. The number of amides is 1. The van der Waals surface area contributed by atoms with E-state index in [1.807, 2.05) is 48.0 Å². The highest BCUT2D eigenvalue weighted by atomic mass is 16.2. The molecule has 1 amide bonds. The number of aryl methyl sites for hydroxylation is 2. The molecule has 25 heavy (non-hydrogen) atoms. The fraction of sp³-hybridized carbons (Fsp3) is 0.250. The van der Waals surface area contributed by atoms with Gasteiger partial charge in [-0.15, -0.1) is 0 Å². The highest BCUT2D eigenvalue weighted by molar-refractivity contribution is 6.03. The molecule has 0 radical (unpaired) electrons. The molecule has 0 unspecified atom stereocenters. The number of nitrogens with one attached hydrogen (secondary N) is 1. The second kappa shape index (κ2) is 6.51. The minimum atomic E-state index is -0.144. The first kappa shape index (κ1) is 15.6. The van der Waals surface area contributed by atoms with E-state index in [0.717, 1.165) is 47.4 Å². The molecule has 0 aliphatic heterocycles. The van der Waals surface area contributed by atoms with E-state index < -0.39 is 0 Å². The number of para-hydroxylation sites is 2. The molecular weight excluding hydrogens is 312 g/mol. The molecule has 1 N–H and O–H groups in total. The minimum Gasteiger partial charge on any atom is -0.331 e. The predicted octanol–water partition coefficient (Wildman–Crippen LogP) is 2.97. The van der Waals surface area contributed by atoms with Gasteiger partial charge in [0.25, 0.3) is 0 Å². The zero-order valence-electron chi connectivity index (χ0n) is 14.2. The number of imidazole rings is 1. The third-order valence-electron chi connectivity index (χ3n) is 4.70. The van der Waals surface area contributed by atoms with Crippen molar-refractivity contribution in [3.63, 3.8) is 0 Å². The first-order chi connectivity index (χ1) is 12.2. The Morgan fingerprint density at radius 2 is 1.96 bits per heavy atom. The quantitative estimate of drug-likeness (QED) is 0.750. The molecule has 5 nitrogen and oxygen atoms in total. The number of fused-ring (bicyclic) bond motifs is 2. The second-order valence-electron chi connectivity index (χ2n) is 6.36. The number of carbonyl (C=O) groups excluding carboxylic acids is 1. The Balaban J connectivity index is 1.50. The van der Waals surface area contributed by atoms with Crippen molar-refractivity contribution in [1.82, 2.24) is 15.0 Å². The molecule has 3 aromatic rings. The summed E-state index contributed by atoms with van der Waals surface area (Å²) in [6.07, 6.45) is 3.24. The Kier molecular flexibility index (Phi) is 4.06. The number of aromatic nitrogens is 2. The van der Waals surface area contributed by atoms with Crippen molar-refractivity contribution in [3.05, 3.63) is 65.5 Å². The molecule has 1 aliphatic carbocycles. The molecule has 4 rings (SSSR count). The van der Waals surface area contributed by atoms with Crippen LogP contribution in [0.1, 0.15) is 29.8 Å². The van der Waals surface area contributed by atoms with Crippen molar-refractivity contribution in [2.24, 2.45) is 12.1 Å². The van der Waals surface area contributed by atoms with Crippen LogP contribution in [-0.4, -0.2) is 21.2 Å². The summed E-state index contributed by atoms with van der Waals surface area (Å²) < 4.78 is 1.96. The van der Waals surface area contributed by atoms with Crippen molar-refractivity contribution in [3.8, 4) is 0 Å². The van der Waals surface area contributed by atoms with Crippen LogP contribution in [0.4, 0.5) is 0 Å². The fourth-order valence-electron chi connectivity index (χ4n) is 3.38. The first-order valence-electron chi connectivity index (χ1n) is 8.56. The summed E-state index contributed by atoms with van der Waals surface area (Å²) in [6.45, 7) is 0. The van der Waals surface area contributed by atoms with Gasteiger partial charge in [-0.1, -0.05) is 36.4 Å². The van der Waals surface area contributed by atoms with E-state index >= 15 is 0 Å². The standard InChI is InChI=1S/C20H20N4O/c1-24-18-12-5-4-10-17(18)21-19(24)13-20(25)23-22-16-11-6-8-14-7-2-3-9-15(14)16/h2-5,7,9-10,12H,6,8,11,13H2,1H3,(H,23,25)/b22-16+. The van der Waals surface area contributed by atoms with Crippen LogP contribution < -0.4 is 5.43 Å². The lowest BCUT2D eigenvalue weighted by atomic mass is 9.90. The van der Waals surface area contributed by atoms with E-state index in [4.69, 9.17) is 0 Å². The van der Waals surface area contributed by atoms with Gasteiger partial charge in [0.1, 0.15) is 5.82 Å². The van der Waals surface area contributed by atoms with Crippen molar-refractivity contribution in [2.75, 3.05) is 0 Å². The third kappa shape index (κ3) is 3.05. The van der Waals surface area contributed by atoms with Crippen molar-refractivity contribution in [2.45, 2.75) is 25.7 Å². The Bertz CT molecular complexity index is 971. The molecule has 1 aliphatic rings. The van der Waals surface area contributed by atoms with Crippen LogP contribution in [0.2, 0.25) is 0 Å². The van der Waals surface area contributed by atoms with Crippen LogP contribution in [0.3, 0.4) is 0 Å². The summed E-state index contributed by atoms with van der Waals surface area (Å²) in [5, 5.41) is 4.38. The van der Waals surface area contributed by atoms with E-state index in [0.29, 0.717) is 0 Å². The molecule has 0 saturated heterocycles. The summed E-state index contributed by atoms with van der Waals surface area (Å²) in [7, 11) is 1.93. The van der Waals surface area contributed by atoms with Crippen LogP contribution in [0.15, 0.2) is 53.6 Å². The Hall–Kier alpha value is -2.95. The van der Waals surface area contributed by atoms with Gasteiger partial charge >= 0.3 is 0 Å². The summed E-state index contributed by atoms with van der Waals surface area (Å²) in [4.78, 5) is 16.9. The summed E-state index contributed by atoms with van der Waals surface area (Å²) in [6, 6.07) is 16.1. The Morgan fingerprint density at radius 3 is 2.84 bits per heavy atom. The molecule has 0 bridgehead atoms. The van der Waals surface area contributed by atoms with Crippen LogP contribution in [-0.2, 0) is 24.7 Å². The van der Waals surface area contributed by atoms with Gasteiger partial charge in [-0.3, -0.25) is 4.79 Å².